The Morgan fingerprint density at radius 3 is 0.862 bits per heavy atom. The molecule has 0 unspecified atom stereocenters. The average Bonchev–Trinajstić information content (AvgIpc) is 2.59. The molecule has 0 heterocycles. The van der Waals surface area contributed by atoms with Crippen LogP contribution in [0.5, 0.6) is 0 Å². The Bertz CT molecular complexity index is 101. The van der Waals surface area contributed by atoms with Gasteiger partial charge in [-0.25, -0.2) is 0 Å². The van der Waals surface area contributed by atoms with E-state index in [1.165, 1.54) is 21.0 Å². The number of aliphatic hydroxyl groups excluding tert-OH is 1. The van der Waals surface area contributed by atoms with Crippen LogP contribution in [0.3, 0.4) is 0 Å². The first-order chi connectivity index (χ1) is 10.2. The number of carbonyl (C=O) groups is 1. The van der Waals surface area contributed by atoms with Crippen molar-refractivity contribution in [2.75, 3.05) is 27.3 Å². The van der Waals surface area contributed by atoms with Gasteiger partial charge in [0, 0.05) is 13.5 Å². The minimum atomic E-state index is -0.211. The molecule has 0 spiro atoms. The van der Waals surface area contributed by atoms with Crippen LogP contribution in [0, 0.1) is 0 Å². The van der Waals surface area contributed by atoms with Gasteiger partial charge in [0.15, 0.2) is 17.4 Å². The predicted octanol–water partition coefficient (Wildman–Crippen LogP) is 2.62. The van der Waals surface area contributed by atoms with Crippen molar-refractivity contribution in [1.29, 1.82) is 0 Å². The maximum Gasteiger partial charge on any atom is 1.00 e. The molecule has 0 aromatic rings. The Balaban J connectivity index is -0.00000000430. The maximum absolute atomic E-state index is 9.82. The molecule has 0 fully saturated rings. The van der Waals surface area contributed by atoms with E-state index in [1.807, 2.05) is 55.4 Å². The number of hydrogen-bond donors (Lipinski definition) is 5. The largest absolute Gasteiger partial charge is 1.00 e. The van der Waals surface area contributed by atoms with Gasteiger partial charge in [0.05, 0.1) is 6.61 Å². The van der Waals surface area contributed by atoms with Crippen molar-refractivity contribution in [3.05, 3.63) is 0 Å². The minimum absolute atomic E-state index is 0. The molecule has 0 aliphatic rings. The molecular formula is C20H74AlLiN4O3. The standard InChI is InChI=1S/C4H8O2.C2H6O.4C2H6.2CH5N.4CH4.Al.Li.2H3N.4H/c1-3-6-4(2)5;1-2-3;6*1-2;;;;;;;;;;;;/h3H2,1-2H3;3H,2H2,1H3;4*1-2H3;2*2H2,1H3;4*1H4;;;2*1H3;;;;/q;;;;;;;;;;;;;+1;;;;;;-1. The Morgan fingerprint density at radius 2 is 0.862 bits per heavy atom. The molecule has 0 amide bonds. The summed E-state index contributed by atoms with van der Waals surface area (Å²) in [5.74, 6) is -0.211. The molecule has 0 saturated heterocycles. The fourth-order valence-corrected chi connectivity index (χ4v) is 0.203. The van der Waals surface area contributed by atoms with Gasteiger partial charge >= 0.3 is 24.8 Å². The Kier molecular flexibility index (Phi) is 2370. The van der Waals surface area contributed by atoms with Crippen LogP contribution in [0.2, 0.25) is 0 Å². The van der Waals surface area contributed by atoms with E-state index < -0.39 is 0 Å². The van der Waals surface area contributed by atoms with E-state index >= 15 is 0 Å². The zero-order valence-corrected chi connectivity index (χ0v) is 19.7. The number of nitrogens with two attached hydrogens (primary N) is 2. The monoisotopic (exact) mass is 453 g/mol. The molecule has 0 aliphatic heterocycles. The second kappa shape index (κ2) is 521. The van der Waals surface area contributed by atoms with Gasteiger partial charge in [-0.2, -0.15) is 0 Å². The average molecular weight is 453 g/mol. The summed E-state index contributed by atoms with van der Waals surface area (Å²) >= 11 is 0. The van der Waals surface area contributed by atoms with Crippen LogP contribution in [0.1, 0.15) is 107 Å². The topological polar surface area (TPSA) is 169 Å². The van der Waals surface area contributed by atoms with Crippen LogP contribution in [0.25, 0.3) is 0 Å². The first-order valence-electron chi connectivity index (χ1n) is 8.08. The van der Waals surface area contributed by atoms with Crippen LogP contribution in [-0.2, 0) is 9.53 Å². The molecular weight excluding hydrogens is 378 g/mol. The molecule has 0 bridgehead atoms. The van der Waals surface area contributed by atoms with Crippen LogP contribution >= 0.6 is 0 Å². The van der Waals surface area contributed by atoms with E-state index in [-0.39, 0.29) is 92.2 Å². The number of rotatable bonds is 1. The molecule has 196 valence electrons. The molecule has 0 rings (SSSR count). The summed E-state index contributed by atoms with van der Waals surface area (Å²) in [6, 6.07) is 0. The minimum Gasteiger partial charge on any atom is -1.00 e. The first-order valence-corrected chi connectivity index (χ1v) is 8.08. The molecule has 9 heteroatoms. The van der Waals surface area contributed by atoms with Gasteiger partial charge in [-0.15, -0.1) is 0 Å². The summed E-state index contributed by atoms with van der Waals surface area (Å²) in [7, 11) is 3.00. The van der Waals surface area contributed by atoms with Crippen LogP contribution in [-0.4, -0.2) is 55.7 Å². The van der Waals surface area contributed by atoms with Gasteiger partial charge in [-0.05, 0) is 27.9 Å². The van der Waals surface area contributed by atoms with E-state index in [2.05, 4.69) is 16.2 Å². The third-order valence-corrected chi connectivity index (χ3v) is 0.348. The molecule has 0 aromatic carbocycles. The van der Waals surface area contributed by atoms with Crippen LogP contribution in [0.4, 0.5) is 0 Å². The van der Waals surface area contributed by atoms with Crippen molar-refractivity contribution in [3.8, 4) is 0 Å². The summed E-state index contributed by atoms with van der Waals surface area (Å²) < 4.78 is 4.40. The third kappa shape index (κ3) is 1710. The zero-order valence-electron chi connectivity index (χ0n) is 20.7. The van der Waals surface area contributed by atoms with E-state index in [9.17, 15) is 4.79 Å². The van der Waals surface area contributed by atoms with Crippen LogP contribution in [0.15, 0.2) is 0 Å². The van der Waals surface area contributed by atoms with Crippen molar-refractivity contribution in [2.45, 2.75) is 106 Å². The molecule has 0 aliphatic carbocycles. The summed E-state index contributed by atoms with van der Waals surface area (Å²) in [6.07, 6.45) is 0. The van der Waals surface area contributed by atoms with E-state index in [0.29, 0.717) is 6.61 Å². The van der Waals surface area contributed by atoms with Crippen molar-refractivity contribution >= 4 is 23.3 Å². The Hall–Kier alpha value is 0.400. The summed E-state index contributed by atoms with van der Waals surface area (Å²) in [5.41, 5.74) is 9.00. The van der Waals surface area contributed by atoms with Gasteiger partial charge < -0.3 is 35.0 Å². The SMILES string of the molecule is C.C.C.C.CC.CC.CC.CC.CCO.CCOC(C)=O.CN.CN.N.N.[AlH3].[H-].[Li+]. The third-order valence-electron chi connectivity index (χ3n) is 0.348. The summed E-state index contributed by atoms with van der Waals surface area (Å²) in [6.45, 7) is 21.6. The van der Waals surface area contributed by atoms with Gasteiger partial charge in [-0.1, -0.05) is 85.1 Å². The van der Waals surface area contributed by atoms with Crippen molar-refractivity contribution < 1.29 is 34.9 Å². The Morgan fingerprint density at radius 1 is 0.759 bits per heavy atom. The maximum atomic E-state index is 9.82. The fourth-order valence-electron chi connectivity index (χ4n) is 0.203. The fraction of sp³-hybridized carbons (Fsp3) is 0.950. The van der Waals surface area contributed by atoms with E-state index in [0.717, 1.165) is 0 Å². The second-order valence-corrected chi connectivity index (χ2v) is 1.24. The summed E-state index contributed by atoms with van der Waals surface area (Å²) in [5, 5.41) is 7.57. The van der Waals surface area contributed by atoms with Crippen molar-refractivity contribution in [3.63, 3.8) is 0 Å². The molecule has 11 N–H and O–H groups in total. The number of hydrogen-bond acceptors (Lipinski definition) is 7. The van der Waals surface area contributed by atoms with Gasteiger partial charge in [-0.3, -0.25) is 4.79 Å². The second-order valence-electron chi connectivity index (χ2n) is 1.24. The number of ether oxygens (including phenoxy) is 1. The predicted molar refractivity (Wildman–Crippen MR) is 149 cm³/mol. The quantitative estimate of drug-likeness (QED) is 0.301. The molecule has 0 radical (unpaired) electrons. The number of carbonyl (C=O) groups excluding carboxylic acids is 1. The normalized spacial score (nSPS) is 3.45. The number of aliphatic hydroxyl groups is 1. The molecule has 7 nitrogen and oxygen atoms in total. The molecule has 0 aromatic heterocycles. The molecule has 0 saturated carbocycles. The number of esters is 1. The van der Waals surface area contributed by atoms with Crippen molar-refractivity contribution in [1.82, 2.24) is 12.3 Å². The Labute approximate surface area is 214 Å². The molecule has 0 atom stereocenters. The van der Waals surface area contributed by atoms with Gasteiger partial charge in [0.25, 0.3) is 0 Å². The van der Waals surface area contributed by atoms with E-state index in [1.54, 1.807) is 13.8 Å². The zero-order chi connectivity index (χ0) is 19.7. The van der Waals surface area contributed by atoms with Gasteiger partial charge in [0.1, 0.15) is 0 Å². The van der Waals surface area contributed by atoms with Crippen LogP contribution < -0.4 is 42.6 Å². The summed E-state index contributed by atoms with van der Waals surface area (Å²) in [4.78, 5) is 9.82. The smallest absolute Gasteiger partial charge is 1.00 e. The van der Waals surface area contributed by atoms with Crippen molar-refractivity contribution in [2.24, 2.45) is 11.5 Å². The van der Waals surface area contributed by atoms with E-state index in [4.69, 9.17) is 5.11 Å². The molecule has 29 heavy (non-hydrogen) atoms. The first kappa shape index (κ1) is 132. The van der Waals surface area contributed by atoms with Gasteiger partial charge in [0.2, 0.25) is 0 Å².